The summed E-state index contributed by atoms with van der Waals surface area (Å²) in [7, 11) is 2.27. The first-order chi connectivity index (χ1) is 12.6. The first-order valence-corrected chi connectivity index (χ1v) is 8.24. The molecule has 0 aromatic carbocycles. The van der Waals surface area contributed by atoms with Crippen LogP contribution in [0.2, 0.25) is 0 Å². The van der Waals surface area contributed by atoms with Gasteiger partial charge in [-0.15, -0.1) is 0 Å². The molecule has 0 aromatic heterocycles. The van der Waals surface area contributed by atoms with E-state index in [9.17, 15) is 14.4 Å². The van der Waals surface area contributed by atoms with Gasteiger partial charge in [-0.2, -0.15) is 0 Å². The minimum atomic E-state index is -0.892. The fourth-order valence-corrected chi connectivity index (χ4v) is 2.11. The number of morpholine rings is 1. The Morgan fingerprint density at radius 1 is 1.22 bits per heavy atom. The zero-order chi connectivity index (χ0) is 20.6. The van der Waals surface area contributed by atoms with Crippen LogP contribution in [0.5, 0.6) is 0 Å². The monoisotopic (exact) mass is 386 g/mol. The average Bonchev–Trinajstić information content (AvgIpc) is 2.62. The average molecular weight is 386 g/mol. The predicted octanol–water partition coefficient (Wildman–Crippen LogP) is 0.889. The number of nitrogens with zero attached hydrogens (tertiary/aromatic N) is 1. The number of esters is 2. The van der Waals surface area contributed by atoms with Crippen molar-refractivity contribution in [2.75, 3.05) is 40.6 Å². The van der Waals surface area contributed by atoms with Gasteiger partial charge in [0.2, 0.25) is 5.76 Å². The van der Waals surface area contributed by atoms with Crippen LogP contribution in [-0.4, -0.2) is 80.9 Å². The van der Waals surface area contributed by atoms with Gasteiger partial charge in [-0.25, -0.2) is 14.4 Å². The van der Waals surface area contributed by atoms with E-state index in [4.69, 9.17) is 19.6 Å². The first-order valence-electron chi connectivity index (χ1n) is 8.24. The van der Waals surface area contributed by atoms with Crippen LogP contribution in [0, 0.1) is 5.41 Å². The molecule has 1 saturated heterocycles. The Hall–Kier alpha value is -2.62. The highest BCUT2D eigenvalue weighted by atomic mass is 16.6. The van der Waals surface area contributed by atoms with Gasteiger partial charge in [0.25, 0.3) is 0 Å². The Kier molecular flexibility index (Phi) is 8.23. The smallest absolute Gasteiger partial charge is 0.411 e. The normalized spacial score (nSPS) is 17.7. The van der Waals surface area contributed by atoms with Gasteiger partial charge >= 0.3 is 18.0 Å². The third-order valence-electron chi connectivity index (χ3n) is 3.38. The molecule has 0 aliphatic carbocycles. The van der Waals surface area contributed by atoms with Gasteiger partial charge in [0.15, 0.2) is 0 Å². The van der Waals surface area contributed by atoms with Gasteiger partial charge in [0.1, 0.15) is 12.2 Å². The highest BCUT2D eigenvalue weighted by Gasteiger charge is 2.34. The molecule has 1 rings (SSSR count). The summed E-state index contributed by atoms with van der Waals surface area (Å²) in [6.07, 6.45) is 0.251. The quantitative estimate of drug-likeness (QED) is 0.235. The Morgan fingerprint density at radius 3 is 2.44 bits per heavy atom. The van der Waals surface area contributed by atoms with Gasteiger partial charge < -0.3 is 29.1 Å². The Morgan fingerprint density at radius 2 is 1.89 bits per heavy atom. The number of hydrogen-bond donors (Lipinski definition) is 1. The van der Waals surface area contributed by atoms with E-state index < -0.39 is 35.4 Å². The lowest BCUT2D eigenvalue weighted by Gasteiger charge is -2.36. The summed E-state index contributed by atoms with van der Waals surface area (Å²) in [6.45, 7) is 5.55. The van der Waals surface area contributed by atoms with Crippen LogP contribution in [0.4, 0.5) is 4.79 Å². The summed E-state index contributed by atoms with van der Waals surface area (Å²) in [5, 5.41) is 8.21. The highest BCUT2D eigenvalue weighted by molar-refractivity contribution is 5.96. The number of rotatable bonds is 6. The molecule has 152 valence electrons. The van der Waals surface area contributed by atoms with Crippen molar-refractivity contribution in [3.05, 3.63) is 11.8 Å². The van der Waals surface area contributed by atoms with Crippen molar-refractivity contribution in [1.82, 2.24) is 4.90 Å². The van der Waals surface area contributed by atoms with Gasteiger partial charge in [-0.1, -0.05) is 0 Å². The summed E-state index contributed by atoms with van der Waals surface area (Å²) in [6, 6.07) is -0.717. The third-order valence-corrected chi connectivity index (χ3v) is 3.38. The van der Waals surface area contributed by atoms with Crippen molar-refractivity contribution in [3.63, 3.8) is 0 Å². The van der Waals surface area contributed by atoms with Crippen LogP contribution in [0.15, 0.2) is 11.8 Å². The van der Waals surface area contributed by atoms with Gasteiger partial charge in [-0.3, -0.25) is 4.90 Å². The Labute approximate surface area is 157 Å². The zero-order valence-corrected chi connectivity index (χ0v) is 16.2. The molecule has 0 radical (unpaired) electrons. The fraction of sp³-hybridized carbons (Fsp3) is 0.647. The first kappa shape index (κ1) is 22.4. The molecule has 0 saturated carbocycles. The Bertz CT molecular complexity index is 609. The maximum atomic E-state index is 12.4. The van der Waals surface area contributed by atoms with Gasteiger partial charge in [0, 0.05) is 6.54 Å². The lowest BCUT2D eigenvalue weighted by molar-refractivity contribution is -0.141. The molecule has 10 nitrogen and oxygen atoms in total. The number of amides is 1. The number of ether oxygens (including phenoxy) is 5. The van der Waals surface area contributed by atoms with E-state index in [-0.39, 0.29) is 25.5 Å². The number of carbonyl (C=O) groups excluding carboxylic acids is 3. The molecule has 1 fully saturated rings. The second kappa shape index (κ2) is 9.91. The molecular weight excluding hydrogens is 360 g/mol. The maximum absolute atomic E-state index is 12.4. The van der Waals surface area contributed by atoms with E-state index in [2.05, 4.69) is 9.47 Å². The van der Waals surface area contributed by atoms with E-state index in [0.717, 1.165) is 20.3 Å². The molecule has 27 heavy (non-hydrogen) atoms. The fourth-order valence-electron chi connectivity index (χ4n) is 2.11. The zero-order valence-electron chi connectivity index (χ0n) is 16.2. The summed E-state index contributed by atoms with van der Waals surface area (Å²) >= 11 is 0. The van der Waals surface area contributed by atoms with E-state index in [1.54, 1.807) is 20.8 Å². The molecule has 1 atom stereocenters. The lowest BCUT2D eigenvalue weighted by atomic mass is 10.1. The number of methoxy groups -OCH3 is 2. The van der Waals surface area contributed by atoms with Gasteiger partial charge in [0.05, 0.1) is 45.3 Å². The van der Waals surface area contributed by atoms with Crippen LogP contribution < -0.4 is 0 Å². The standard InChI is InChI=1S/C17H26N2O8/c1-17(2,3)27-16(22)19-6-7-25-10-12(19)11(18)9-26-13(15(21)24-5)8-14(20)23-4/h8,12,18H,6-7,9-10H2,1-5H3. The molecule has 1 N–H and O–H groups in total. The summed E-state index contributed by atoms with van der Waals surface area (Å²) in [5.41, 5.74) is -0.708. The topological polar surface area (TPSA) is 124 Å². The number of nitrogens with one attached hydrogen (secondary N) is 1. The molecule has 1 aliphatic rings. The molecule has 0 spiro atoms. The largest absolute Gasteiger partial charge is 0.480 e. The molecular formula is C17H26N2O8. The number of carbonyl (C=O) groups is 3. The van der Waals surface area contributed by atoms with E-state index in [1.807, 2.05) is 0 Å². The summed E-state index contributed by atoms with van der Waals surface area (Å²) in [5.74, 6) is -2.11. The predicted molar refractivity (Wildman–Crippen MR) is 93.3 cm³/mol. The minimum absolute atomic E-state index is 0.0276. The molecule has 1 aliphatic heterocycles. The van der Waals surface area contributed by atoms with Crippen molar-refractivity contribution in [1.29, 1.82) is 5.41 Å². The highest BCUT2D eigenvalue weighted by Crippen LogP contribution is 2.16. The maximum Gasteiger partial charge on any atom is 0.411 e. The van der Waals surface area contributed by atoms with Crippen molar-refractivity contribution >= 4 is 23.7 Å². The van der Waals surface area contributed by atoms with E-state index >= 15 is 0 Å². The minimum Gasteiger partial charge on any atom is -0.480 e. The van der Waals surface area contributed by atoms with Crippen molar-refractivity contribution in [3.8, 4) is 0 Å². The third kappa shape index (κ3) is 7.26. The summed E-state index contributed by atoms with van der Waals surface area (Å²) in [4.78, 5) is 36.8. The second-order valence-electron chi connectivity index (χ2n) is 6.60. The lowest BCUT2D eigenvalue weighted by Crippen LogP contribution is -2.54. The molecule has 1 heterocycles. The summed E-state index contributed by atoms with van der Waals surface area (Å²) < 4.78 is 24.9. The van der Waals surface area contributed by atoms with Crippen molar-refractivity contribution in [2.45, 2.75) is 32.4 Å². The van der Waals surface area contributed by atoms with Crippen LogP contribution in [0.25, 0.3) is 0 Å². The van der Waals surface area contributed by atoms with Crippen molar-refractivity contribution in [2.24, 2.45) is 0 Å². The SMILES string of the molecule is COC(=O)C=C(OCC(=N)C1COCCN1C(=O)OC(C)(C)C)C(=O)OC. The number of hydrogen-bond acceptors (Lipinski definition) is 9. The molecule has 1 amide bonds. The molecule has 0 aromatic rings. The molecule has 10 heteroatoms. The molecule has 0 bridgehead atoms. The van der Waals surface area contributed by atoms with Crippen LogP contribution >= 0.6 is 0 Å². The van der Waals surface area contributed by atoms with E-state index in [1.165, 1.54) is 4.90 Å². The van der Waals surface area contributed by atoms with Crippen LogP contribution in [0.3, 0.4) is 0 Å². The van der Waals surface area contributed by atoms with Crippen LogP contribution in [-0.2, 0) is 33.3 Å². The van der Waals surface area contributed by atoms with Crippen molar-refractivity contribution < 1.29 is 38.1 Å². The molecule has 1 unspecified atom stereocenters. The Balaban J connectivity index is 2.82. The second-order valence-corrected chi connectivity index (χ2v) is 6.60. The van der Waals surface area contributed by atoms with Crippen LogP contribution in [0.1, 0.15) is 20.8 Å². The van der Waals surface area contributed by atoms with Gasteiger partial charge in [-0.05, 0) is 20.8 Å². The van der Waals surface area contributed by atoms with E-state index in [0.29, 0.717) is 6.61 Å².